The number of rotatable bonds is 6. The zero-order chi connectivity index (χ0) is 21.1. The SMILES string of the molecule is COc1ccc(C(=O)N(Cc2cccnc2)c2nc3ccc(Br)cc3s2)c(OC)c1. The van der Waals surface area contributed by atoms with Crippen molar-refractivity contribution < 1.29 is 14.3 Å². The van der Waals surface area contributed by atoms with E-state index in [9.17, 15) is 4.79 Å². The molecule has 8 heteroatoms. The van der Waals surface area contributed by atoms with Gasteiger partial charge in [0.2, 0.25) is 0 Å². The lowest BCUT2D eigenvalue weighted by atomic mass is 10.1. The molecule has 0 saturated heterocycles. The fourth-order valence-electron chi connectivity index (χ4n) is 3.02. The van der Waals surface area contributed by atoms with Crippen molar-refractivity contribution in [3.05, 3.63) is 76.5 Å². The lowest BCUT2D eigenvalue weighted by Gasteiger charge is -2.21. The van der Waals surface area contributed by atoms with E-state index in [4.69, 9.17) is 14.5 Å². The molecule has 2 heterocycles. The van der Waals surface area contributed by atoms with Crippen molar-refractivity contribution in [2.24, 2.45) is 0 Å². The Balaban J connectivity index is 1.79. The van der Waals surface area contributed by atoms with Crippen LogP contribution in [0.1, 0.15) is 15.9 Å². The van der Waals surface area contributed by atoms with Crippen molar-refractivity contribution in [1.29, 1.82) is 0 Å². The number of ether oxygens (including phenoxy) is 2. The van der Waals surface area contributed by atoms with Crippen LogP contribution in [-0.4, -0.2) is 30.1 Å². The first-order valence-corrected chi connectivity index (χ1v) is 10.7. The average molecular weight is 484 g/mol. The standard InChI is InChI=1S/C22H18BrN3O3S/c1-28-16-6-7-17(19(11-16)29-2)21(27)26(13-14-4-3-9-24-12-14)22-25-18-8-5-15(23)10-20(18)30-22/h3-12H,13H2,1-2H3. The van der Waals surface area contributed by atoms with Crippen LogP contribution in [0.15, 0.2) is 65.4 Å². The fraction of sp³-hybridized carbons (Fsp3) is 0.136. The summed E-state index contributed by atoms with van der Waals surface area (Å²) in [7, 11) is 3.11. The smallest absolute Gasteiger partial charge is 0.264 e. The number of thiazole rings is 1. The fourth-order valence-corrected chi connectivity index (χ4v) is 4.54. The van der Waals surface area contributed by atoms with Gasteiger partial charge in [-0.15, -0.1) is 0 Å². The molecule has 0 spiro atoms. The van der Waals surface area contributed by atoms with Crippen LogP contribution in [0.2, 0.25) is 0 Å². The minimum Gasteiger partial charge on any atom is -0.497 e. The Labute approximate surface area is 186 Å². The summed E-state index contributed by atoms with van der Waals surface area (Å²) in [6.45, 7) is 0.336. The van der Waals surface area contributed by atoms with Crippen molar-refractivity contribution >= 4 is 48.5 Å². The predicted octanol–water partition coefficient (Wildman–Crippen LogP) is 5.32. The third-order valence-corrected chi connectivity index (χ3v) is 6.05. The Morgan fingerprint density at radius 3 is 2.73 bits per heavy atom. The number of pyridine rings is 1. The number of carbonyl (C=O) groups excluding carboxylic acids is 1. The maximum Gasteiger partial charge on any atom is 0.264 e. The molecule has 0 atom stereocenters. The molecule has 0 aliphatic rings. The number of halogens is 1. The number of hydrogen-bond acceptors (Lipinski definition) is 6. The molecule has 0 unspecified atom stereocenters. The second-order valence-corrected chi connectivity index (χ2v) is 8.35. The molecule has 0 N–H and O–H groups in total. The number of fused-ring (bicyclic) bond motifs is 1. The number of methoxy groups -OCH3 is 2. The molecule has 2 aromatic carbocycles. The Morgan fingerprint density at radius 1 is 1.13 bits per heavy atom. The van der Waals surface area contributed by atoms with Gasteiger partial charge in [0, 0.05) is 22.9 Å². The summed E-state index contributed by atoms with van der Waals surface area (Å²) in [4.78, 5) is 24.1. The van der Waals surface area contributed by atoms with Crippen LogP contribution in [0.5, 0.6) is 11.5 Å². The number of carbonyl (C=O) groups is 1. The van der Waals surface area contributed by atoms with Crippen LogP contribution in [0.4, 0.5) is 5.13 Å². The number of nitrogens with zero attached hydrogens (tertiary/aromatic N) is 3. The number of amides is 1. The first-order valence-electron chi connectivity index (χ1n) is 9.08. The molecule has 0 bridgehead atoms. The Bertz CT molecular complexity index is 1200. The van der Waals surface area contributed by atoms with Gasteiger partial charge in [-0.2, -0.15) is 0 Å². The largest absolute Gasteiger partial charge is 0.497 e. The van der Waals surface area contributed by atoms with E-state index in [1.165, 1.54) is 18.4 Å². The summed E-state index contributed by atoms with van der Waals surface area (Å²) in [5, 5.41) is 0.606. The lowest BCUT2D eigenvalue weighted by Crippen LogP contribution is -2.30. The predicted molar refractivity (Wildman–Crippen MR) is 122 cm³/mol. The highest BCUT2D eigenvalue weighted by Crippen LogP contribution is 2.34. The second-order valence-electron chi connectivity index (χ2n) is 6.43. The van der Waals surface area contributed by atoms with E-state index < -0.39 is 0 Å². The third kappa shape index (κ3) is 4.15. The normalized spacial score (nSPS) is 10.8. The molecule has 0 aliphatic heterocycles. The summed E-state index contributed by atoms with van der Waals surface area (Å²) in [5.74, 6) is 0.850. The summed E-state index contributed by atoms with van der Waals surface area (Å²) in [5.41, 5.74) is 2.17. The van der Waals surface area contributed by atoms with Gasteiger partial charge >= 0.3 is 0 Å². The molecule has 6 nitrogen and oxygen atoms in total. The van der Waals surface area contributed by atoms with Crippen molar-refractivity contribution in [2.75, 3.05) is 19.1 Å². The van der Waals surface area contributed by atoms with Gasteiger partial charge in [0.15, 0.2) is 5.13 Å². The highest BCUT2D eigenvalue weighted by molar-refractivity contribution is 9.10. The van der Waals surface area contributed by atoms with Crippen LogP contribution in [0, 0.1) is 0 Å². The van der Waals surface area contributed by atoms with Gasteiger partial charge in [0.1, 0.15) is 11.5 Å². The molecule has 30 heavy (non-hydrogen) atoms. The third-order valence-electron chi connectivity index (χ3n) is 4.52. The first kappa shape index (κ1) is 20.3. The molecule has 4 aromatic rings. The first-order chi connectivity index (χ1) is 14.6. The minimum absolute atomic E-state index is 0.212. The molecule has 0 saturated carbocycles. The topological polar surface area (TPSA) is 64.5 Å². The number of aromatic nitrogens is 2. The number of anilines is 1. The quantitative estimate of drug-likeness (QED) is 0.371. The zero-order valence-corrected chi connectivity index (χ0v) is 18.7. The van der Waals surface area contributed by atoms with Crippen LogP contribution in [-0.2, 0) is 6.54 Å². The van der Waals surface area contributed by atoms with Crippen molar-refractivity contribution in [2.45, 2.75) is 6.54 Å². The van der Waals surface area contributed by atoms with Gasteiger partial charge in [-0.05, 0) is 42.0 Å². The molecule has 0 fully saturated rings. The number of benzene rings is 2. The van der Waals surface area contributed by atoms with E-state index in [-0.39, 0.29) is 5.91 Å². The van der Waals surface area contributed by atoms with Crippen LogP contribution in [0.3, 0.4) is 0 Å². The van der Waals surface area contributed by atoms with E-state index in [1.54, 1.807) is 42.6 Å². The van der Waals surface area contributed by atoms with E-state index in [1.807, 2.05) is 30.3 Å². The van der Waals surface area contributed by atoms with E-state index in [0.29, 0.717) is 28.7 Å². The summed E-state index contributed by atoms with van der Waals surface area (Å²) in [6.07, 6.45) is 3.45. The maximum absolute atomic E-state index is 13.6. The van der Waals surface area contributed by atoms with Crippen molar-refractivity contribution in [3.63, 3.8) is 0 Å². The highest BCUT2D eigenvalue weighted by atomic mass is 79.9. The van der Waals surface area contributed by atoms with Crippen LogP contribution in [0.25, 0.3) is 10.2 Å². The molecule has 0 aliphatic carbocycles. The van der Waals surface area contributed by atoms with Gasteiger partial charge in [-0.3, -0.25) is 14.7 Å². The Morgan fingerprint density at radius 2 is 2.00 bits per heavy atom. The summed E-state index contributed by atoms with van der Waals surface area (Å²) in [6, 6.07) is 14.8. The van der Waals surface area contributed by atoms with Gasteiger partial charge in [0.05, 0.1) is 36.5 Å². The van der Waals surface area contributed by atoms with E-state index >= 15 is 0 Å². The highest BCUT2D eigenvalue weighted by Gasteiger charge is 2.25. The molecular weight excluding hydrogens is 466 g/mol. The molecule has 2 aromatic heterocycles. The molecule has 4 rings (SSSR count). The summed E-state index contributed by atoms with van der Waals surface area (Å²) >= 11 is 4.95. The Hall–Kier alpha value is -2.97. The van der Waals surface area contributed by atoms with Crippen LogP contribution < -0.4 is 14.4 Å². The van der Waals surface area contributed by atoms with Gasteiger partial charge < -0.3 is 9.47 Å². The maximum atomic E-state index is 13.6. The van der Waals surface area contributed by atoms with Gasteiger partial charge in [0.25, 0.3) is 5.91 Å². The molecular formula is C22H18BrN3O3S. The molecule has 1 amide bonds. The zero-order valence-electron chi connectivity index (χ0n) is 16.3. The van der Waals surface area contributed by atoms with E-state index in [2.05, 4.69) is 20.9 Å². The van der Waals surface area contributed by atoms with Gasteiger partial charge in [-0.1, -0.05) is 33.3 Å². The van der Waals surface area contributed by atoms with Crippen molar-refractivity contribution in [3.8, 4) is 11.5 Å². The number of hydrogen-bond donors (Lipinski definition) is 0. The minimum atomic E-state index is -0.212. The summed E-state index contributed by atoms with van der Waals surface area (Å²) < 4.78 is 12.7. The van der Waals surface area contributed by atoms with Crippen molar-refractivity contribution in [1.82, 2.24) is 9.97 Å². The monoisotopic (exact) mass is 483 g/mol. The average Bonchev–Trinajstić information content (AvgIpc) is 3.20. The molecule has 152 valence electrons. The Kier molecular flexibility index (Phi) is 5.96. The molecule has 0 radical (unpaired) electrons. The van der Waals surface area contributed by atoms with Crippen LogP contribution >= 0.6 is 27.3 Å². The second kappa shape index (κ2) is 8.81. The lowest BCUT2D eigenvalue weighted by molar-refractivity contribution is 0.0982. The van der Waals surface area contributed by atoms with Gasteiger partial charge in [-0.25, -0.2) is 4.98 Å². The van der Waals surface area contributed by atoms with E-state index in [0.717, 1.165) is 20.3 Å².